The summed E-state index contributed by atoms with van der Waals surface area (Å²) in [6.07, 6.45) is 4.60. The number of carboxylic acid groups (broad SMARTS) is 1. The van der Waals surface area contributed by atoms with Gasteiger partial charge in [-0.3, -0.25) is 0 Å². The minimum absolute atomic E-state index is 0.0104. The van der Waals surface area contributed by atoms with Crippen LogP contribution >= 0.6 is 0 Å². The maximum absolute atomic E-state index is 11.6. The standard InChI is InChI=1S/C20H19NO3/c1-13-7-8-15-12-18(14-5-3-2-4-6-14)21(17(15)11-13)16-9-10-24-19(16)20(22)23/h2-6,9-10,12-13H,7-8,11H2,1H3,(H,22,23). The molecule has 0 saturated heterocycles. The van der Waals surface area contributed by atoms with Gasteiger partial charge in [0.25, 0.3) is 0 Å². The van der Waals surface area contributed by atoms with Crippen molar-refractivity contribution in [3.63, 3.8) is 0 Å². The van der Waals surface area contributed by atoms with E-state index in [1.807, 2.05) is 18.2 Å². The molecule has 3 aromatic rings. The van der Waals surface area contributed by atoms with E-state index in [0.29, 0.717) is 11.6 Å². The molecular weight excluding hydrogens is 302 g/mol. The van der Waals surface area contributed by atoms with Crippen LogP contribution in [0.5, 0.6) is 0 Å². The van der Waals surface area contributed by atoms with Crippen molar-refractivity contribution in [1.29, 1.82) is 0 Å². The SMILES string of the molecule is CC1CCc2cc(-c3ccccc3)n(-c3ccoc3C(=O)O)c2C1. The summed E-state index contributed by atoms with van der Waals surface area (Å²) in [7, 11) is 0. The Morgan fingerprint density at radius 3 is 2.79 bits per heavy atom. The fraction of sp³-hybridized carbons (Fsp3) is 0.250. The second-order valence-electron chi connectivity index (χ2n) is 6.49. The van der Waals surface area contributed by atoms with Crippen molar-refractivity contribution in [3.05, 3.63) is 65.7 Å². The number of hydrogen-bond donors (Lipinski definition) is 1. The lowest BCUT2D eigenvalue weighted by molar-refractivity contribution is 0.0662. The van der Waals surface area contributed by atoms with Gasteiger partial charge in [-0.2, -0.15) is 0 Å². The quantitative estimate of drug-likeness (QED) is 0.769. The number of aromatic carboxylic acids is 1. The van der Waals surface area contributed by atoms with Gasteiger partial charge in [0.15, 0.2) is 0 Å². The van der Waals surface area contributed by atoms with Crippen LogP contribution in [0.3, 0.4) is 0 Å². The molecule has 1 aliphatic carbocycles. The highest BCUT2D eigenvalue weighted by Crippen LogP contribution is 2.36. The largest absolute Gasteiger partial charge is 0.475 e. The average molecular weight is 321 g/mol. The number of aryl methyl sites for hydroxylation is 1. The van der Waals surface area contributed by atoms with Crippen LogP contribution in [-0.2, 0) is 12.8 Å². The van der Waals surface area contributed by atoms with E-state index in [9.17, 15) is 9.90 Å². The zero-order chi connectivity index (χ0) is 16.7. The Morgan fingerprint density at radius 2 is 2.04 bits per heavy atom. The normalized spacial score (nSPS) is 16.8. The van der Waals surface area contributed by atoms with E-state index in [1.54, 1.807) is 6.07 Å². The second kappa shape index (κ2) is 5.71. The van der Waals surface area contributed by atoms with E-state index >= 15 is 0 Å². The van der Waals surface area contributed by atoms with Crippen molar-refractivity contribution in [3.8, 4) is 16.9 Å². The summed E-state index contributed by atoms with van der Waals surface area (Å²) in [5.41, 5.74) is 5.23. The Morgan fingerprint density at radius 1 is 1.25 bits per heavy atom. The molecule has 4 nitrogen and oxygen atoms in total. The first-order valence-electron chi connectivity index (χ1n) is 8.25. The van der Waals surface area contributed by atoms with E-state index in [1.165, 1.54) is 23.9 Å². The molecule has 1 unspecified atom stereocenters. The molecule has 122 valence electrons. The number of carbonyl (C=O) groups is 1. The van der Waals surface area contributed by atoms with Gasteiger partial charge in [-0.15, -0.1) is 0 Å². The van der Waals surface area contributed by atoms with Crippen molar-refractivity contribution >= 4 is 5.97 Å². The van der Waals surface area contributed by atoms with E-state index in [-0.39, 0.29) is 5.76 Å². The van der Waals surface area contributed by atoms with Crippen LogP contribution in [0, 0.1) is 5.92 Å². The van der Waals surface area contributed by atoms with E-state index in [4.69, 9.17) is 4.42 Å². The first kappa shape index (κ1) is 14.8. The summed E-state index contributed by atoms with van der Waals surface area (Å²) in [6, 6.07) is 14.1. The smallest absolute Gasteiger partial charge is 0.374 e. The van der Waals surface area contributed by atoms with Gasteiger partial charge in [0.05, 0.1) is 17.6 Å². The van der Waals surface area contributed by atoms with Gasteiger partial charge in [0.2, 0.25) is 5.76 Å². The molecule has 0 amide bonds. The third-order valence-electron chi connectivity index (χ3n) is 4.79. The summed E-state index contributed by atoms with van der Waals surface area (Å²) in [6.45, 7) is 2.25. The zero-order valence-electron chi connectivity index (χ0n) is 13.5. The maximum Gasteiger partial charge on any atom is 0.374 e. The van der Waals surface area contributed by atoms with Crippen LogP contribution in [0.4, 0.5) is 0 Å². The second-order valence-corrected chi connectivity index (χ2v) is 6.49. The third kappa shape index (κ3) is 2.35. The number of aromatic nitrogens is 1. The fourth-order valence-electron chi connectivity index (χ4n) is 3.61. The van der Waals surface area contributed by atoms with Crippen molar-refractivity contribution < 1.29 is 14.3 Å². The zero-order valence-corrected chi connectivity index (χ0v) is 13.5. The molecule has 4 heteroatoms. The number of fused-ring (bicyclic) bond motifs is 1. The maximum atomic E-state index is 11.6. The highest BCUT2D eigenvalue weighted by atomic mass is 16.4. The first-order chi connectivity index (χ1) is 11.6. The number of hydrogen-bond acceptors (Lipinski definition) is 2. The van der Waals surface area contributed by atoms with Crippen LogP contribution < -0.4 is 0 Å². The molecule has 2 aromatic heterocycles. The molecule has 1 aromatic carbocycles. The van der Waals surface area contributed by atoms with Crippen LogP contribution in [0.1, 0.15) is 35.2 Å². The van der Waals surface area contributed by atoms with Crippen molar-refractivity contribution in [2.45, 2.75) is 26.2 Å². The van der Waals surface area contributed by atoms with Crippen LogP contribution in [0.2, 0.25) is 0 Å². The first-order valence-corrected chi connectivity index (χ1v) is 8.25. The van der Waals surface area contributed by atoms with Gasteiger partial charge in [-0.25, -0.2) is 4.79 Å². The Kier molecular flexibility index (Phi) is 3.53. The molecule has 1 N–H and O–H groups in total. The summed E-state index contributed by atoms with van der Waals surface area (Å²) in [4.78, 5) is 11.6. The van der Waals surface area contributed by atoms with E-state index < -0.39 is 5.97 Å². The summed E-state index contributed by atoms with van der Waals surface area (Å²) >= 11 is 0. The highest BCUT2D eigenvalue weighted by molar-refractivity contribution is 5.89. The number of nitrogens with zero attached hydrogens (tertiary/aromatic N) is 1. The molecular formula is C20H19NO3. The van der Waals surface area contributed by atoms with Gasteiger partial charge in [0, 0.05) is 11.8 Å². The minimum atomic E-state index is -1.04. The molecule has 1 aliphatic rings. The van der Waals surface area contributed by atoms with Crippen LogP contribution in [-0.4, -0.2) is 15.6 Å². The monoisotopic (exact) mass is 321 g/mol. The predicted molar refractivity (Wildman–Crippen MR) is 91.6 cm³/mol. The molecule has 0 bridgehead atoms. The fourth-order valence-corrected chi connectivity index (χ4v) is 3.61. The van der Waals surface area contributed by atoms with Gasteiger partial charge in [-0.05, 0) is 42.4 Å². The molecule has 0 saturated carbocycles. The highest BCUT2D eigenvalue weighted by Gasteiger charge is 2.26. The molecule has 0 fully saturated rings. The summed E-state index contributed by atoms with van der Waals surface area (Å²) < 4.78 is 7.31. The molecule has 24 heavy (non-hydrogen) atoms. The minimum Gasteiger partial charge on any atom is -0.475 e. The lowest BCUT2D eigenvalue weighted by Crippen LogP contribution is -2.15. The Hall–Kier alpha value is -2.75. The molecule has 2 heterocycles. The summed E-state index contributed by atoms with van der Waals surface area (Å²) in [5.74, 6) is -0.459. The average Bonchev–Trinajstić information content (AvgIpc) is 3.19. The molecule has 0 radical (unpaired) electrons. The number of rotatable bonds is 3. The van der Waals surface area contributed by atoms with Crippen molar-refractivity contribution in [1.82, 2.24) is 4.57 Å². The number of benzene rings is 1. The molecule has 1 atom stereocenters. The van der Waals surface area contributed by atoms with E-state index in [2.05, 4.69) is 29.7 Å². The molecule has 0 aliphatic heterocycles. The van der Waals surface area contributed by atoms with Crippen molar-refractivity contribution in [2.75, 3.05) is 0 Å². The van der Waals surface area contributed by atoms with Crippen LogP contribution in [0.25, 0.3) is 16.9 Å². The van der Waals surface area contributed by atoms with Gasteiger partial charge < -0.3 is 14.1 Å². The van der Waals surface area contributed by atoms with Crippen LogP contribution in [0.15, 0.2) is 53.1 Å². The Bertz CT molecular complexity index is 889. The van der Waals surface area contributed by atoms with Crippen molar-refractivity contribution in [2.24, 2.45) is 5.92 Å². The predicted octanol–water partition coefficient (Wildman–Crippen LogP) is 4.56. The summed E-state index contributed by atoms with van der Waals surface area (Å²) in [5, 5.41) is 9.46. The number of furan rings is 1. The topological polar surface area (TPSA) is 55.4 Å². The molecule has 0 spiro atoms. The van der Waals surface area contributed by atoms with Gasteiger partial charge in [0.1, 0.15) is 0 Å². The van der Waals surface area contributed by atoms with E-state index in [0.717, 1.165) is 24.1 Å². The lowest BCUT2D eigenvalue weighted by Gasteiger charge is -2.21. The van der Waals surface area contributed by atoms with Gasteiger partial charge in [-0.1, -0.05) is 37.3 Å². The third-order valence-corrected chi connectivity index (χ3v) is 4.79. The lowest BCUT2D eigenvalue weighted by atomic mass is 9.89. The molecule has 4 rings (SSSR count). The van der Waals surface area contributed by atoms with Gasteiger partial charge >= 0.3 is 5.97 Å². The number of carboxylic acids is 1. The Balaban J connectivity index is 1.98. The Labute approximate surface area is 140 Å².